The average molecular weight is 327 g/mol. The first-order valence-electron chi connectivity index (χ1n) is 7.13. The summed E-state index contributed by atoms with van der Waals surface area (Å²) in [5.41, 5.74) is 6.83. The minimum Gasteiger partial charge on any atom is -0.492 e. The van der Waals surface area contributed by atoms with E-state index >= 15 is 0 Å². The number of hydrogen-bond donors (Lipinski definition) is 1. The normalized spacial score (nSPS) is 16.5. The number of piperidine rings is 1. The molecule has 0 spiro atoms. The molecule has 1 aliphatic heterocycles. The molecule has 1 aliphatic rings. The smallest absolute Gasteiger partial charge is 0.119 e. The third-order valence-electron chi connectivity index (χ3n) is 3.56. The molecule has 1 heterocycles. The summed E-state index contributed by atoms with van der Waals surface area (Å²) in [7, 11) is 0. The predicted molar refractivity (Wildman–Crippen MR) is 82.7 cm³/mol. The third-order valence-corrected chi connectivity index (χ3v) is 4.33. The molecule has 4 heteroatoms. The van der Waals surface area contributed by atoms with Crippen LogP contribution in [0, 0.1) is 0 Å². The van der Waals surface area contributed by atoms with E-state index in [1.807, 2.05) is 12.1 Å². The minimum atomic E-state index is 0.663. The highest BCUT2D eigenvalue weighted by molar-refractivity contribution is 9.10. The fraction of sp³-hybridized carbons (Fsp3) is 0.600. The van der Waals surface area contributed by atoms with Crippen molar-refractivity contribution in [1.82, 2.24) is 4.90 Å². The maximum Gasteiger partial charge on any atom is 0.119 e. The molecule has 106 valence electrons. The number of rotatable bonds is 6. The Morgan fingerprint density at radius 2 is 2.00 bits per heavy atom. The van der Waals surface area contributed by atoms with Gasteiger partial charge in [0, 0.05) is 11.0 Å². The van der Waals surface area contributed by atoms with Crippen LogP contribution < -0.4 is 10.5 Å². The number of nitrogens with two attached hydrogens (primary N) is 1. The van der Waals surface area contributed by atoms with Crippen LogP contribution in [0.2, 0.25) is 0 Å². The Morgan fingerprint density at radius 3 is 2.74 bits per heavy atom. The molecule has 2 N–H and O–H groups in total. The molecule has 0 aromatic heterocycles. The van der Waals surface area contributed by atoms with Gasteiger partial charge in [-0.1, -0.05) is 22.4 Å². The number of halogens is 1. The van der Waals surface area contributed by atoms with E-state index in [9.17, 15) is 0 Å². The molecule has 19 heavy (non-hydrogen) atoms. The summed E-state index contributed by atoms with van der Waals surface area (Å²) in [4.78, 5) is 2.49. The van der Waals surface area contributed by atoms with Crippen LogP contribution in [0.25, 0.3) is 0 Å². The van der Waals surface area contributed by atoms with Crippen molar-refractivity contribution in [3.8, 4) is 5.75 Å². The van der Waals surface area contributed by atoms with E-state index in [-0.39, 0.29) is 0 Å². The monoisotopic (exact) mass is 326 g/mol. The molecule has 1 aromatic carbocycles. The van der Waals surface area contributed by atoms with Gasteiger partial charge in [0.25, 0.3) is 0 Å². The second kappa shape index (κ2) is 7.88. The Morgan fingerprint density at radius 1 is 1.21 bits per heavy atom. The van der Waals surface area contributed by atoms with Gasteiger partial charge in [-0.05, 0) is 62.7 Å². The highest BCUT2D eigenvalue weighted by Gasteiger charge is 2.09. The Labute approximate surface area is 124 Å². The topological polar surface area (TPSA) is 38.5 Å². The lowest BCUT2D eigenvalue weighted by Crippen LogP contribution is -2.33. The van der Waals surface area contributed by atoms with E-state index in [4.69, 9.17) is 10.5 Å². The van der Waals surface area contributed by atoms with Gasteiger partial charge in [-0.3, -0.25) is 4.90 Å². The first-order chi connectivity index (χ1) is 9.29. The summed E-state index contributed by atoms with van der Waals surface area (Å²) in [5, 5.41) is 0. The minimum absolute atomic E-state index is 0.663. The van der Waals surface area contributed by atoms with E-state index in [1.165, 1.54) is 37.9 Å². The SMILES string of the molecule is NCCc1cc(OCCN2CCCCC2)ccc1Br. The van der Waals surface area contributed by atoms with Crippen molar-refractivity contribution in [3.63, 3.8) is 0 Å². The molecular formula is C15H23BrN2O. The second-order valence-corrected chi connectivity index (χ2v) is 5.90. The van der Waals surface area contributed by atoms with Gasteiger partial charge >= 0.3 is 0 Å². The molecule has 1 fully saturated rings. The fourth-order valence-electron chi connectivity index (χ4n) is 2.46. The Balaban J connectivity index is 1.80. The van der Waals surface area contributed by atoms with Crippen molar-refractivity contribution in [2.45, 2.75) is 25.7 Å². The van der Waals surface area contributed by atoms with Crippen LogP contribution in [-0.2, 0) is 6.42 Å². The molecule has 1 saturated heterocycles. The zero-order valence-corrected chi connectivity index (χ0v) is 13.0. The van der Waals surface area contributed by atoms with Gasteiger partial charge in [0.2, 0.25) is 0 Å². The van der Waals surface area contributed by atoms with Gasteiger partial charge in [-0.2, -0.15) is 0 Å². The van der Waals surface area contributed by atoms with Crippen molar-refractivity contribution in [2.24, 2.45) is 5.73 Å². The number of ether oxygens (including phenoxy) is 1. The summed E-state index contributed by atoms with van der Waals surface area (Å²) in [6.07, 6.45) is 4.92. The van der Waals surface area contributed by atoms with Gasteiger partial charge < -0.3 is 10.5 Å². The van der Waals surface area contributed by atoms with E-state index in [0.717, 1.165) is 29.8 Å². The van der Waals surface area contributed by atoms with Crippen molar-refractivity contribution in [3.05, 3.63) is 28.2 Å². The Kier molecular flexibility index (Phi) is 6.14. The average Bonchev–Trinajstić information content (AvgIpc) is 2.44. The second-order valence-electron chi connectivity index (χ2n) is 5.04. The fourth-order valence-corrected chi connectivity index (χ4v) is 2.91. The number of benzene rings is 1. The highest BCUT2D eigenvalue weighted by atomic mass is 79.9. The standard InChI is InChI=1S/C15H23BrN2O/c16-15-5-4-14(12-13(15)6-7-17)19-11-10-18-8-2-1-3-9-18/h4-5,12H,1-3,6-11,17H2. The van der Waals surface area contributed by atoms with Gasteiger partial charge in [0.1, 0.15) is 12.4 Å². The van der Waals surface area contributed by atoms with E-state index in [1.54, 1.807) is 0 Å². The van der Waals surface area contributed by atoms with Crippen molar-refractivity contribution in [2.75, 3.05) is 32.8 Å². The lowest BCUT2D eigenvalue weighted by molar-refractivity contribution is 0.183. The summed E-state index contributed by atoms with van der Waals surface area (Å²) in [6.45, 7) is 4.91. The van der Waals surface area contributed by atoms with Crippen LogP contribution in [0.1, 0.15) is 24.8 Å². The van der Waals surface area contributed by atoms with Crippen LogP contribution in [0.5, 0.6) is 5.75 Å². The van der Waals surface area contributed by atoms with Gasteiger partial charge in [0.15, 0.2) is 0 Å². The lowest BCUT2D eigenvalue weighted by atomic mass is 10.1. The Hall–Kier alpha value is -0.580. The van der Waals surface area contributed by atoms with Crippen LogP contribution in [0.15, 0.2) is 22.7 Å². The summed E-state index contributed by atoms with van der Waals surface area (Å²) in [5.74, 6) is 0.948. The predicted octanol–water partition coefficient (Wildman–Crippen LogP) is 2.82. The summed E-state index contributed by atoms with van der Waals surface area (Å²) >= 11 is 3.54. The first-order valence-corrected chi connectivity index (χ1v) is 7.92. The maximum absolute atomic E-state index is 5.85. The summed E-state index contributed by atoms with van der Waals surface area (Å²) in [6, 6.07) is 6.15. The molecule has 0 saturated carbocycles. The van der Waals surface area contributed by atoms with Crippen molar-refractivity contribution in [1.29, 1.82) is 0 Å². The molecule has 0 bridgehead atoms. The molecule has 0 amide bonds. The lowest BCUT2D eigenvalue weighted by Gasteiger charge is -2.26. The molecule has 0 unspecified atom stereocenters. The van der Waals surface area contributed by atoms with Crippen LogP contribution in [0.4, 0.5) is 0 Å². The number of nitrogens with zero attached hydrogens (tertiary/aromatic N) is 1. The van der Waals surface area contributed by atoms with Crippen molar-refractivity contribution >= 4 is 15.9 Å². The quantitative estimate of drug-likeness (QED) is 0.873. The number of hydrogen-bond acceptors (Lipinski definition) is 3. The van der Waals surface area contributed by atoms with E-state index < -0.39 is 0 Å². The van der Waals surface area contributed by atoms with Crippen molar-refractivity contribution < 1.29 is 4.74 Å². The van der Waals surface area contributed by atoms with E-state index in [0.29, 0.717) is 6.54 Å². The zero-order chi connectivity index (χ0) is 13.5. The summed E-state index contributed by atoms with van der Waals surface area (Å²) < 4.78 is 6.96. The molecule has 3 nitrogen and oxygen atoms in total. The molecule has 1 aromatic rings. The number of likely N-dealkylation sites (tertiary alicyclic amines) is 1. The van der Waals surface area contributed by atoms with Gasteiger partial charge in [-0.15, -0.1) is 0 Å². The molecule has 0 atom stereocenters. The first kappa shape index (κ1) is 14.8. The van der Waals surface area contributed by atoms with Gasteiger partial charge in [-0.25, -0.2) is 0 Å². The molecule has 0 radical (unpaired) electrons. The van der Waals surface area contributed by atoms with Crippen LogP contribution in [-0.4, -0.2) is 37.7 Å². The van der Waals surface area contributed by atoms with Crippen LogP contribution in [0.3, 0.4) is 0 Å². The third kappa shape index (κ3) is 4.79. The zero-order valence-electron chi connectivity index (χ0n) is 11.4. The van der Waals surface area contributed by atoms with E-state index in [2.05, 4.69) is 26.9 Å². The maximum atomic E-state index is 5.85. The Bertz CT molecular complexity index is 392. The largest absolute Gasteiger partial charge is 0.492 e. The highest BCUT2D eigenvalue weighted by Crippen LogP contribution is 2.23. The molecule has 0 aliphatic carbocycles. The van der Waals surface area contributed by atoms with Gasteiger partial charge in [0.05, 0.1) is 0 Å². The molecular weight excluding hydrogens is 304 g/mol. The molecule has 2 rings (SSSR count). The van der Waals surface area contributed by atoms with Crippen LogP contribution >= 0.6 is 15.9 Å².